The van der Waals surface area contributed by atoms with Crippen LogP contribution in [0, 0.1) is 0 Å². The van der Waals surface area contributed by atoms with Gasteiger partial charge in [-0.2, -0.15) is 0 Å². The van der Waals surface area contributed by atoms with E-state index in [9.17, 15) is 14.4 Å². The number of amides is 3. The molecule has 0 saturated heterocycles. The third-order valence-electron chi connectivity index (χ3n) is 4.65. The molecular weight excluding hydrogens is 416 g/mol. The Morgan fingerprint density at radius 1 is 1.13 bits per heavy atom. The van der Waals surface area contributed by atoms with Crippen molar-refractivity contribution in [2.24, 2.45) is 7.05 Å². The van der Waals surface area contributed by atoms with Gasteiger partial charge in [0, 0.05) is 30.5 Å². The van der Waals surface area contributed by atoms with Crippen LogP contribution in [0.5, 0.6) is 0 Å². The number of hydrogen-bond acceptors (Lipinski definition) is 6. The predicted octanol–water partition coefficient (Wildman–Crippen LogP) is 2.67. The fraction of sp³-hybridized carbons (Fsp3) is 0.190. The van der Waals surface area contributed by atoms with Gasteiger partial charge in [0.1, 0.15) is 12.9 Å². The number of nitrogens with zero attached hydrogens (tertiary/aromatic N) is 4. The molecule has 0 unspecified atom stereocenters. The molecule has 2 N–H and O–H groups in total. The van der Waals surface area contributed by atoms with Crippen molar-refractivity contribution in [1.29, 1.82) is 0 Å². The largest absolute Gasteiger partial charge is 0.326 e. The molecule has 0 atom stereocenters. The number of aromatic nitrogens is 3. The Balaban J connectivity index is 1.31. The van der Waals surface area contributed by atoms with Gasteiger partial charge in [0.25, 0.3) is 0 Å². The van der Waals surface area contributed by atoms with Crippen molar-refractivity contribution < 1.29 is 14.4 Å². The second-order valence-corrected chi connectivity index (χ2v) is 7.98. The number of nitrogens with one attached hydrogen (secondary N) is 2. The standard InChI is InChI=1S/C21H20N6O3S/c1-26-13-22-25-21(26)31-15-8-6-14(7-9-15)23-18(28)10-11-20(30)27-12-19(29)24-16-4-2-3-5-17(16)27/h2-9,13H,10-12H2,1H3,(H,23,28)(H,24,29). The highest BCUT2D eigenvalue weighted by Crippen LogP contribution is 2.29. The van der Waals surface area contributed by atoms with Crippen molar-refractivity contribution in [3.8, 4) is 0 Å². The highest BCUT2D eigenvalue weighted by molar-refractivity contribution is 7.99. The molecule has 0 aliphatic carbocycles. The lowest BCUT2D eigenvalue weighted by Crippen LogP contribution is -2.42. The van der Waals surface area contributed by atoms with Crippen molar-refractivity contribution in [1.82, 2.24) is 14.8 Å². The van der Waals surface area contributed by atoms with E-state index in [2.05, 4.69) is 20.8 Å². The van der Waals surface area contributed by atoms with Gasteiger partial charge >= 0.3 is 0 Å². The number of rotatable bonds is 6. The van der Waals surface area contributed by atoms with Gasteiger partial charge < -0.3 is 20.1 Å². The first kappa shape index (κ1) is 20.6. The number of hydrogen-bond donors (Lipinski definition) is 2. The van der Waals surface area contributed by atoms with E-state index in [1.807, 2.05) is 23.7 Å². The lowest BCUT2D eigenvalue weighted by molar-refractivity contribution is -0.124. The molecule has 0 bridgehead atoms. The minimum atomic E-state index is -0.270. The van der Waals surface area contributed by atoms with Crippen LogP contribution in [0.15, 0.2) is 64.9 Å². The number of aryl methyl sites for hydroxylation is 1. The predicted molar refractivity (Wildman–Crippen MR) is 117 cm³/mol. The summed E-state index contributed by atoms with van der Waals surface area (Å²) in [6.07, 6.45) is 1.66. The molecule has 0 saturated carbocycles. The van der Waals surface area contributed by atoms with E-state index in [1.165, 1.54) is 16.7 Å². The number of benzene rings is 2. The molecule has 9 nitrogen and oxygen atoms in total. The first-order valence-corrected chi connectivity index (χ1v) is 10.4. The summed E-state index contributed by atoms with van der Waals surface area (Å²) in [4.78, 5) is 39.2. The molecule has 3 aromatic rings. The molecule has 0 fully saturated rings. The molecule has 10 heteroatoms. The zero-order chi connectivity index (χ0) is 21.8. The average molecular weight is 436 g/mol. The minimum absolute atomic E-state index is 0.00748. The minimum Gasteiger partial charge on any atom is -0.326 e. The first-order chi connectivity index (χ1) is 15.0. The molecular formula is C21H20N6O3S. The Labute approximate surface area is 182 Å². The Morgan fingerprint density at radius 3 is 2.65 bits per heavy atom. The molecule has 1 aliphatic heterocycles. The molecule has 31 heavy (non-hydrogen) atoms. The van der Waals surface area contributed by atoms with Crippen LogP contribution in [0.2, 0.25) is 0 Å². The van der Waals surface area contributed by atoms with E-state index in [0.29, 0.717) is 17.1 Å². The van der Waals surface area contributed by atoms with Crippen LogP contribution >= 0.6 is 11.8 Å². The third kappa shape index (κ3) is 4.92. The molecule has 1 aromatic heterocycles. The van der Waals surface area contributed by atoms with Crippen LogP contribution in [0.25, 0.3) is 0 Å². The molecule has 2 aromatic carbocycles. The molecule has 0 radical (unpaired) electrons. The van der Waals surface area contributed by atoms with Crippen molar-refractivity contribution >= 4 is 46.5 Å². The zero-order valence-electron chi connectivity index (χ0n) is 16.7. The van der Waals surface area contributed by atoms with Gasteiger partial charge in [-0.15, -0.1) is 10.2 Å². The van der Waals surface area contributed by atoms with Gasteiger partial charge in [0.05, 0.1) is 11.4 Å². The molecule has 3 amide bonds. The SMILES string of the molecule is Cn1cnnc1Sc1ccc(NC(=O)CCC(=O)N2CC(=O)Nc3ccccc32)cc1. The maximum atomic E-state index is 12.6. The average Bonchev–Trinajstić information content (AvgIpc) is 3.17. The summed E-state index contributed by atoms with van der Waals surface area (Å²) in [6, 6.07) is 14.5. The fourth-order valence-electron chi connectivity index (χ4n) is 3.11. The number of para-hydroxylation sites is 2. The van der Waals surface area contributed by atoms with Crippen LogP contribution in [0.3, 0.4) is 0 Å². The first-order valence-electron chi connectivity index (χ1n) is 9.60. The van der Waals surface area contributed by atoms with Gasteiger partial charge in [-0.1, -0.05) is 12.1 Å². The van der Waals surface area contributed by atoms with E-state index in [-0.39, 0.29) is 37.1 Å². The summed E-state index contributed by atoms with van der Waals surface area (Å²) in [5.74, 6) is -0.791. The smallest absolute Gasteiger partial charge is 0.244 e. The third-order valence-corrected chi connectivity index (χ3v) is 5.71. The van der Waals surface area contributed by atoms with E-state index >= 15 is 0 Å². The summed E-state index contributed by atoms with van der Waals surface area (Å²) in [5, 5.41) is 14.2. The monoisotopic (exact) mass is 436 g/mol. The highest BCUT2D eigenvalue weighted by Gasteiger charge is 2.26. The molecule has 1 aliphatic rings. The number of fused-ring (bicyclic) bond motifs is 1. The van der Waals surface area contributed by atoms with Crippen LogP contribution < -0.4 is 15.5 Å². The Hall–Kier alpha value is -3.66. The van der Waals surface area contributed by atoms with Crippen LogP contribution in [-0.4, -0.2) is 39.0 Å². The second-order valence-electron chi connectivity index (χ2n) is 6.94. The zero-order valence-corrected chi connectivity index (χ0v) is 17.6. The number of carbonyl (C=O) groups is 3. The van der Waals surface area contributed by atoms with E-state index in [1.54, 1.807) is 42.7 Å². The number of carbonyl (C=O) groups excluding carboxylic acids is 3. The molecule has 0 spiro atoms. The van der Waals surface area contributed by atoms with Crippen molar-refractivity contribution in [2.75, 3.05) is 22.1 Å². The lowest BCUT2D eigenvalue weighted by Gasteiger charge is -2.29. The highest BCUT2D eigenvalue weighted by atomic mass is 32.2. The summed E-state index contributed by atoms with van der Waals surface area (Å²) in [7, 11) is 1.87. The normalized spacial score (nSPS) is 12.8. The summed E-state index contributed by atoms with van der Waals surface area (Å²) >= 11 is 1.47. The lowest BCUT2D eigenvalue weighted by atomic mass is 10.1. The molecule has 4 rings (SSSR count). The fourth-order valence-corrected chi connectivity index (χ4v) is 3.87. The van der Waals surface area contributed by atoms with E-state index in [0.717, 1.165) is 10.1 Å². The van der Waals surface area contributed by atoms with Gasteiger partial charge in [0.2, 0.25) is 17.7 Å². The summed E-state index contributed by atoms with van der Waals surface area (Å²) in [6.45, 7) is -0.0535. The summed E-state index contributed by atoms with van der Waals surface area (Å²) < 4.78 is 1.82. The van der Waals surface area contributed by atoms with Gasteiger partial charge in [0.15, 0.2) is 5.16 Å². The van der Waals surface area contributed by atoms with E-state index in [4.69, 9.17) is 0 Å². The van der Waals surface area contributed by atoms with Crippen LogP contribution in [0.1, 0.15) is 12.8 Å². The van der Waals surface area contributed by atoms with Gasteiger partial charge in [-0.25, -0.2) is 0 Å². The Bertz CT molecular complexity index is 1130. The number of anilines is 3. The maximum absolute atomic E-state index is 12.6. The Kier molecular flexibility index (Phi) is 5.99. The second kappa shape index (κ2) is 9.00. The van der Waals surface area contributed by atoms with Crippen molar-refractivity contribution in [3.63, 3.8) is 0 Å². The Morgan fingerprint density at radius 2 is 1.90 bits per heavy atom. The molecule has 2 heterocycles. The van der Waals surface area contributed by atoms with E-state index < -0.39 is 0 Å². The van der Waals surface area contributed by atoms with Crippen LogP contribution in [-0.2, 0) is 21.4 Å². The van der Waals surface area contributed by atoms with Crippen molar-refractivity contribution in [2.45, 2.75) is 22.9 Å². The summed E-state index contributed by atoms with van der Waals surface area (Å²) in [5.41, 5.74) is 1.88. The van der Waals surface area contributed by atoms with Crippen LogP contribution in [0.4, 0.5) is 17.1 Å². The topological polar surface area (TPSA) is 109 Å². The van der Waals surface area contributed by atoms with Crippen molar-refractivity contribution in [3.05, 3.63) is 54.9 Å². The van der Waals surface area contributed by atoms with Gasteiger partial charge in [-0.05, 0) is 48.2 Å². The van der Waals surface area contributed by atoms with Gasteiger partial charge in [-0.3, -0.25) is 14.4 Å². The molecule has 158 valence electrons. The quantitative estimate of drug-likeness (QED) is 0.615. The maximum Gasteiger partial charge on any atom is 0.244 e.